The second kappa shape index (κ2) is 8.94. The van der Waals surface area contributed by atoms with Crippen molar-refractivity contribution in [2.24, 2.45) is 0 Å². The number of benzene rings is 3. The molecule has 31 heavy (non-hydrogen) atoms. The Morgan fingerprint density at radius 2 is 1.45 bits per heavy atom. The van der Waals surface area contributed by atoms with E-state index < -0.39 is 0 Å². The van der Waals surface area contributed by atoms with E-state index in [1.807, 2.05) is 35.2 Å². The Bertz CT molecular complexity index is 1010. The van der Waals surface area contributed by atoms with Crippen molar-refractivity contribution in [2.75, 3.05) is 25.0 Å². The summed E-state index contributed by atoms with van der Waals surface area (Å²) in [5.41, 5.74) is 5.14. The van der Waals surface area contributed by atoms with Crippen LogP contribution in [0, 0.1) is 0 Å². The fourth-order valence-electron chi connectivity index (χ4n) is 5.04. The summed E-state index contributed by atoms with van der Waals surface area (Å²) in [5, 5.41) is 3.02. The number of hydrogen-bond donors (Lipinski definition) is 1. The molecule has 0 aromatic heterocycles. The summed E-state index contributed by atoms with van der Waals surface area (Å²) in [7, 11) is 0. The Morgan fingerprint density at radius 3 is 2.19 bits per heavy atom. The fraction of sp³-hybridized carbons (Fsp3) is 0.296. The van der Waals surface area contributed by atoms with E-state index in [1.165, 1.54) is 16.7 Å². The van der Waals surface area contributed by atoms with E-state index in [1.54, 1.807) is 0 Å². The minimum absolute atomic E-state index is 0.0100. The van der Waals surface area contributed by atoms with Crippen molar-refractivity contribution >= 4 is 11.7 Å². The van der Waals surface area contributed by atoms with Gasteiger partial charge in [-0.1, -0.05) is 72.8 Å². The summed E-state index contributed by atoms with van der Waals surface area (Å²) in [6.45, 7) is 3.65. The van der Waals surface area contributed by atoms with Crippen molar-refractivity contribution < 1.29 is 4.79 Å². The Morgan fingerprint density at radius 1 is 0.806 bits per heavy atom. The highest BCUT2D eigenvalue weighted by molar-refractivity contribution is 5.89. The lowest BCUT2D eigenvalue weighted by molar-refractivity contribution is 0.106. The van der Waals surface area contributed by atoms with Gasteiger partial charge in [0.15, 0.2) is 0 Å². The highest BCUT2D eigenvalue weighted by atomic mass is 16.2. The SMILES string of the molecule is O=C(Nc1ccccc1)N1CCC(N2Cc3ccccc3C(c3ccccc3)C2)CC1. The number of carbonyl (C=O) groups is 1. The molecule has 2 heterocycles. The zero-order chi connectivity index (χ0) is 21.0. The van der Waals surface area contributed by atoms with Gasteiger partial charge >= 0.3 is 6.03 Å². The first-order valence-corrected chi connectivity index (χ1v) is 11.3. The molecule has 0 saturated carbocycles. The van der Waals surface area contributed by atoms with Gasteiger partial charge < -0.3 is 10.2 Å². The Balaban J connectivity index is 1.26. The number of nitrogens with one attached hydrogen (secondary N) is 1. The van der Waals surface area contributed by atoms with Crippen LogP contribution in [0.25, 0.3) is 0 Å². The van der Waals surface area contributed by atoms with Crippen LogP contribution in [-0.4, -0.2) is 41.5 Å². The lowest BCUT2D eigenvalue weighted by atomic mass is 9.83. The van der Waals surface area contributed by atoms with Gasteiger partial charge in [-0.15, -0.1) is 0 Å². The van der Waals surface area contributed by atoms with Gasteiger partial charge in [0, 0.05) is 43.8 Å². The van der Waals surface area contributed by atoms with Crippen molar-refractivity contribution in [1.29, 1.82) is 0 Å². The third kappa shape index (κ3) is 4.35. The van der Waals surface area contributed by atoms with Crippen molar-refractivity contribution in [1.82, 2.24) is 9.80 Å². The largest absolute Gasteiger partial charge is 0.324 e. The second-order valence-electron chi connectivity index (χ2n) is 8.61. The van der Waals surface area contributed by atoms with Crippen LogP contribution < -0.4 is 5.32 Å². The van der Waals surface area contributed by atoms with Crippen LogP contribution in [-0.2, 0) is 6.54 Å². The van der Waals surface area contributed by atoms with E-state index in [2.05, 4.69) is 64.8 Å². The van der Waals surface area contributed by atoms with E-state index in [-0.39, 0.29) is 6.03 Å². The van der Waals surface area contributed by atoms with Crippen LogP contribution in [0.4, 0.5) is 10.5 Å². The molecule has 2 amide bonds. The summed E-state index contributed by atoms with van der Waals surface area (Å²) < 4.78 is 0. The van der Waals surface area contributed by atoms with Crippen LogP contribution >= 0.6 is 0 Å². The van der Waals surface area contributed by atoms with Gasteiger partial charge in [0.25, 0.3) is 0 Å². The van der Waals surface area contributed by atoms with Gasteiger partial charge in [-0.3, -0.25) is 4.90 Å². The van der Waals surface area contributed by atoms with Crippen LogP contribution in [0.1, 0.15) is 35.4 Å². The highest BCUT2D eigenvalue weighted by Gasteiger charge is 2.33. The fourth-order valence-corrected chi connectivity index (χ4v) is 5.04. The van der Waals surface area contributed by atoms with E-state index in [9.17, 15) is 4.79 Å². The van der Waals surface area contributed by atoms with Crippen LogP contribution in [0.15, 0.2) is 84.9 Å². The van der Waals surface area contributed by atoms with Gasteiger partial charge in [0.05, 0.1) is 0 Å². The smallest absolute Gasteiger partial charge is 0.321 e. The van der Waals surface area contributed by atoms with Crippen LogP contribution in [0.3, 0.4) is 0 Å². The molecule has 0 spiro atoms. The number of fused-ring (bicyclic) bond motifs is 1. The number of rotatable bonds is 3. The number of amides is 2. The van der Waals surface area contributed by atoms with Gasteiger partial charge in [0.2, 0.25) is 0 Å². The van der Waals surface area contributed by atoms with Crippen molar-refractivity contribution in [3.8, 4) is 0 Å². The van der Waals surface area contributed by atoms with Crippen molar-refractivity contribution in [2.45, 2.75) is 31.3 Å². The van der Waals surface area contributed by atoms with Crippen LogP contribution in [0.2, 0.25) is 0 Å². The van der Waals surface area contributed by atoms with Crippen molar-refractivity contribution in [3.05, 3.63) is 102 Å². The van der Waals surface area contributed by atoms with Gasteiger partial charge in [-0.25, -0.2) is 4.79 Å². The maximum absolute atomic E-state index is 12.7. The standard InChI is InChI=1S/C27H29N3O/c31-27(28-23-12-5-2-6-13-23)29-17-15-24(16-18-29)30-19-22-11-7-8-14-25(22)26(20-30)21-9-3-1-4-10-21/h1-14,24,26H,15-20H2,(H,28,31). The predicted molar refractivity (Wildman–Crippen MR) is 125 cm³/mol. The van der Waals surface area contributed by atoms with Crippen molar-refractivity contribution in [3.63, 3.8) is 0 Å². The molecule has 1 unspecified atom stereocenters. The summed E-state index contributed by atoms with van der Waals surface area (Å²) in [6, 6.07) is 30.0. The number of likely N-dealkylation sites (tertiary alicyclic amines) is 1. The number of nitrogens with zero attached hydrogens (tertiary/aromatic N) is 2. The maximum atomic E-state index is 12.7. The first kappa shape index (κ1) is 19.8. The molecule has 158 valence electrons. The first-order valence-electron chi connectivity index (χ1n) is 11.3. The zero-order valence-electron chi connectivity index (χ0n) is 17.8. The first-order chi connectivity index (χ1) is 15.3. The molecule has 0 bridgehead atoms. The number of urea groups is 1. The minimum atomic E-state index is 0.0100. The summed E-state index contributed by atoms with van der Waals surface area (Å²) in [5.74, 6) is 0.408. The summed E-state index contributed by atoms with van der Waals surface area (Å²) in [6.07, 6.45) is 2.04. The molecule has 1 fully saturated rings. The predicted octanol–water partition coefficient (Wildman–Crippen LogP) is 5.33. The van der Waals surface area contributed by atoms with E-state index in [0.29, 0.717) is 12.0 Å². The molecule has 0 aliphatic carbocycles. The molecule has 1 saturated heterocycles. The number of hydrogen-bond acceptors (Lipinski definition) is 2. The Kier molecular flexibility index (Phi) is 5.72. The van der Waals surface area contributed by atoms with Crippen LogP contribution in [0.5, 0.6) is 0 Å². The quantitative estimate of drug-likeness (QED) is 0.632. The van der Waals surface area contributed by atoms with Gasteiger partial charge in [0.1, 0.15) is 0 Å². The molecule has 2 aliphatic heterocycles. The van der Waals surface area contributed by atoms with E-state index in [0.717, 1.165) is 44.7 Å². The lowest BCUT2D eigenvalue weighted by Crippen LogP contribution is -2.49. The third-order valence-corrected chi connectivity index (χ3v) is 6.72. The highest BCUT2D eigenvalue weighted by Crippen LogP contribution is 2.35. The maximum Gasteiger partial charge on any atom is 0.321 e. The molecule has 4 nitrogen and oxygen atoms in total. The average molecular weight is 412 g/mol. The Hall–Kier alpha value is -3.11. The molecule has 2 aliphatic rings. The van der Waals surface area contributed by atoms with Gasteiger partial charge in [-0.2, -0.15) is 0 Å². The lowest BCUT2D eigenvalue weighted by Gasteiger charge is -2.43. The molecule has 1 atom stereocenters. The number of anilines is 1. The number of para-hydroxylation sites is 1. The Labute approximate surface area is 184 Å². The normalized spacial score (nSPS) is 19.6. The van der Waals surface area contributed by atoms with E-state index in [4.69, 9.17) is 0 Å². The second-order valence-corrected chi connectivity index (χ2v) is 8.61. The number of piperidine rings is 1. The molecule has 3 aromatic carbocycles. The molecular weight excluding hydrogens is 382 g/mol. The monoisotopic (exact) mass is 411 g/mol. The molecular formula is C27H29N3O. The van der Waals surface area contributed by atoms with E-state index >= 15 is 0 Å². The molecule has 4 heteroatoms. The summed E-state index contributed by atoms with van der Waals surface area (Å²) >= 11 is 0. The molecule has 0 radical (unpaired) electrons. The topological polar surface area (TPSA) is 35.6 Å². The number of carbonyl (C=O) groups excluding carboxylic acids is 1. The molecule has 5 rings (SSSR count). The summed E-state index contributed by atoms with van der Waals surface area (Å²) in [4.78, 5) is 17.3. The third-order valence-electron chi connectivity index (χ3n) is 6.72. The molecule has 3 aromatic rings. The minimum Gasteiger partial charge on any atom is -0.324 e. The molecule has 1 N–H and O–H groups in total. The average Bonchev–Trinajstić information content (AvgIpc) is 2.84. The zero-order valence-corrected chi connectivity index (χ0v) is 17.8. The van der Waals surface area contributed by atoms with Gasteiger partial charge in [-0.05, 0) is 41.7 Å².